The van der Waals surface area contributed by atoms with Crippen LogP contribution in [0.1, 0.15) is 18.1 Å². The molecular weight excluding hydrogens is 360 g/mol. The zero-order chi connectivity index (χ0) is 18.6. The van der Waals surface area contributed by atoms with Crippen LogP contribution in [0.25, 0.3) is 0 Å². The highest BCUT2D eigenvalue weighted by Crippen LogP contribution is 2.18. The molecule has 2 aromatic carbocycles. The summed E-state index contributed by atoms with van der Waals surface area (Å²) in [4.78, 5) is 13.6. The van der Waals surface area contributed by atoms with Crippen LogP contribution in [0.15, 0.2) is 47.4 Å². The Kier molecular flexibility index (Phi) is 6.21. The van der Waals surface area contributed by atoms with Crippen LogP contribution >= 0.6 is 11.6 Å². The molecule has 0 spiro atoms. The fourth-order valence-corrected chi connectivity index (χ4v) is 3.58. The van der Waals surface area contributed by atoms with Gasteiger partial charge < -0.3 is 4.90 Å². The highest BCUT2D eigenvalue weighted by molar-refractivity contribution is 7.89. The van der Waals surface area contributed by atoms with Crippen LogP contribution in [0.5, 0.6) is 0 Å². The van der Waals surface area contributed by atoms with E-state index in [-0.39, 0.29) is 23.9 Å². The van der Waals surface area contributed by atoms with Gasteiger partial charge in [0.15, 0.2) is 0 Å². The van der Waals surface area contributed by atoms with Crippen LogP contribution in [-0.2, 0) is 14.8 Å². The molecule has 0 saturated carbocycles. The van der Waals surface area contributed by atoms with E-state index in [9.17, 15) is 13.2 Å². The third-order valence-electron chi connectivity index (χ3n) is 3.93. The fourth-order valence-electron chi connectivity index (χ4n) is 2.35. The molecule has 0 heterocycles. The lowest BCUT2D eigenvalue weighted by Crippen LogP contribution is -2.37. The molecule has 0 unspecified atom stereocenters. The maximum absolute atomic E-state index is 12.4. The van der Waals surface area contributed by atoms with Crippen molar-refractivity contribution in [1.29, 1.82) is 0 Å². The molecular formula is C18H21ClN2O3S. The van der Waals surface area contributed by atoms with Gasteiger partial charge in [-0.2, -0.15) is 0 Å². The minimum absolute atomic E-state index is 0.109. The molecule has 0 atom stereocenters. The van der Waals surface area contributed by atoms with Crippen molar-refractivity contribution in [1.82, 2.24) is 4.72 Å². The number of nitrogens with one attached hydrogen (secondary N) is 1. The van der Waals surface area contributed by atoms with Crippen LogP contribution < -0.4 is 9.62 Å². The van der Waals surface area contributed by atoms with E-state index in [4.69, 9.17) is 11.6 Å². The molecule has 1 amide bonds. The standard InChI is InChI=1S/C18H21ClN2O3S/c1-13-4-9-18(12-14(13)2)25(23,24)20-10-11-21(15(3)22)17-7-5-16(19)6-8-17/h4-9,12,20H,10-11H2,1-3H3. The molecule has 0 aromatic heterocycles. The topological polar surface area (TPSA) is 66.5 Å². The van der Waals surface area contributed by atoms with Gasteiger partial charge in [-0.1, -0.05) is 17.7 Å². The molecule has 2 aromatic rings. The number of nitrogens with zero attached hydrogens (tertiary/aromatic N) is 1. The van der Waals surface area contributed by atoms with Gasteiger partial charge in [-0.05, 0) is 61.4 Å². The number of aryl methyl sites for hydroxylation is 2. The van der Waals surface area contributed by atoms with Gasteiger partial charge in [-0.25, -0.2) is 13.1 Å². The Labute approximate surface area is 153 Å². The van der Waals surface area contributed by atoms with Crippen molar-refractivity contribution in [3.05, 3.63) is 58.6 Å². The minimum atomic E-state index is -3.62. The van der Waals surface area contributed by atoms with Crippen LogP contribution in [-0.4, -0.2) is 27.4 Å². The molecule has 0 radical (unpaired) electrons. The Morgan fingerprint density at radius 3 is 2.28 bits per heavy atom. The summed E-state index contributed by atoms with van der Waals surface area (Å²) >= 11 is 5.86. The van der Waals surface area contributed by atoms with Crippen molar-refractivity contribution < 1.29 is 13.2 Å². The number of halogens is 1. The summed E-state index contributed by atoms with van der Waals surface area (Å²) in [6, 6.07) is 11.8. The molecule has 1 N–H and O–H groups in total. The van der Waals surface area contributed by atoms with E-state index in [2.05, 4.69) is 4.72 Å². The third-order valence-corrected chi connectivity index (χ3v) is 5.65. The first-order valence-corrected chi connectivity index (χ1v) is 9.67. The summed E-state index contributed by atoms with van der Waals surface area (Å²) < 4.78 is 27.3. The Balaban J connectivity index is 2.07. The van der Waals surface area contributed by atoms with Gasteiger partial charge in [0.05, 0.1) is 4.90 Å². The zero-order valence-electron chi connectivity index (χ0n) is 14.4. The fraction of sp³-hybridized carbons (Fsp3) is 0.278. The van der Waals surface area contributed by atoms with Crippen molar-refractivity contribution >= 4 is 33.2 Å². The van der Waals surface area contributed by atoms with Crippen molar-refractivity contribution in [3.63, 3.8) is 0 Å². The largest absolute Gasteiger partial charge is 0.311 e. The average molecular weight is 381 g/mol. The molecule has 7 heteroatoms. The summed E-state index contributed by atoms with van der Waals surface area (Å²) in [5.41, 5.74) is 2.61. The van der Waals surface area contributed by atoms with Gasteiger partial charge in [0.1, 0.15) is 0 Å². The van der Waals surface area contributed by atoms with Gasteiger partial charge in [-0.15, -0.1) is 0 Å². The van der Waals surface area contributed by atoms with Gasteiger partial charge >= 0.3 is 0 Å². The summed E-state index contributed by atoms with van der Waals surface area (Å²) in [6.07, 6.45) is 0. The predicted molar refractivity (Wildman–Crippen MR) is 101 cm³/mol. The van der Waals surface area contributed by atoms with Gasteiger partial charge in [0, 0.05) is 30.7 Å². The van der Waals surface area contributed by atoms with E-state index in [0.29, 0.717) is 10.7 Å². The quantitative estimate of drug-likeness (QED) is 0.836. The molecule has 0 saturated heterocycles. The number of rotatable bonds is 6. The molecule has 0 bridgehead atoms. The summed E-state index contributed by atoms with van der Waals surface area (Å²) in [5.74, 6) is -0.173. The lowest BCUT2D eigenvalue weighted by molar-refractivity contribution is -0.116. The second-order valence-corrected chi connectivity index (χ2v) is 7.99. The summed E-state index contributed by atoms with van der Waals surface area (Å²) in [5, 5.41) is 0.572. The zero-order valence-corrected chi connectivity index (χ0v) is 16.0. The number of hydrogen-bond acceptors (Lipinski definition) is 3. The van der Waals surface area contributed by atoms with Crippen molar-refractivity contribution in [2.45, 2.75) is 25.7 Å². The van der Waals surface area contributed by atoms with E-state index < -0.39 is 10.0 Å². The van der Waals surface area contributed by atoms with E-state index in [1.54, 1.807) is 42.5 Å². The van der Waals surface area contributed by atoms with E-state index in [1.165, 1.54) is 11.8 Å². The number of hydrogen-bond donors (Lipinski definition) is 1. The number of carbonyl (C=O) groups excluding carboxylic acids is 1. The molecule has 2 rings (SSSR count). The van der Waals surface area contributed by atoms with Gasteiger partial charge in [0.25, 0.3) is 0 Å². The van der Waals surface area contributed by atoms with Gasteiger partial charge in [-0.3, -0.25) is 4.79 Å². The maximum Gasteiger partial charge on any atom is 0.240 e. The molecule has 5 nitrogen and oxygen atoms in total. The van der Waals surface area contributed by atoms with Crippen LogP contribution in [0.3, 0.4) is 0 Å². The van der Waals surface area contributed by atoms with Crippen molar-refractivity contribution in [2.75, 3.05) is 18.0 Å². The highest BCUT2D eigenvalue weighted by Gasteiger charge is 2.16. The monoisotopic (exact) mass is 380 g/mol. The SMILES string of the molecule is CC(=O)N(CCNS(=O)(=O)c1ccc(C)c(C)c1)c1ccc(Cl)cc1. The molecule has 0 aliphatic rings. The van der Waals surface area contributed by atoms with E-state index in [0.717, 1.165) is 11.1 Å². The van der Waals surface area contributed by atoms with Crippen molar-refractivity contribution in [2.24, 2.45) is 0 Å². The van der Waals surface area contributed by atoms with Crippen molar-refractivity contribution in [3.8, 4) is 0 Å². The Bertz CT molecular complexity index is 864. The van der Waals surface area contributed by atoms with Crippen LogP contribution in [0, 0.1) is 13.8 Å². The maximum atomic E-state index is 12.4. The van der Waals surface area contributed by atoms with E-state index >= 15 is 0 Å². The first-order valence-electron chi connectivity index (χ1n) is 7.81. The average Bonchev–Trinajstić information content (AvgIpc) is 2.55. The predicted octanol–water partition coefficient (Wildman–Crippen LogP) is 3.29. The summed E-state index contributed by atoms with van der Waals surface area (Å²) in [6.45, 7) is 5.56. The number of sulfonamides is 1. The number of benzene rings is 2. The Morgan fingerprint density at radius 1 is 1.08 bits per heavy atom. The Hall–Kier alpha value is -1.89. The first kappa shape index (κ1) is 19.4. The molecule has 25 heavy (non-hydrogen) atoms. The molecule has 0 fully saturated rings. The van der Waals surface area contributed by atoms with E-state index in [1.807, 2.05) is 13.8 Å². The van der Waals surface area contributed by atoms with Gasteiger partial charge in [0.2, 0.25) is 15.9 Å². The van der Waals surface area contributed by atoms with Crippen LogP contribution in [0.2, 0.25) is 5.02 Å². The summed E-state index contributed by atoms with van der Waals surface area (Å²) in [7, 11) is -3.62. The highest BCUT2D eigenvalue weighted by atomic mass is 35.5. The number of carbonyl (C=O) groups is 1. The lowest BCUT2D eigenvalue weighted by Gasteiger charge is -2.21. The minimum Gasteiger partial charge on any atom is -0.311 e. The molecule has 134 valence electrons. The lowest BCUT2D eigenvalue weighted by atomic mass is 10.1. The normalized spacial score (nSPS) is 11.4. The smallest absolute Gasteiger partial charge is 0.240 e. The second kappa shape index (κ2) is 7.99. The molecule has 0 aliphatic carbocycles. The van der Waals surface area contributed by atoms with Crippen LogP contribution in [0.4, 0.5) is 5.69 Å². The number of anilines is 1. The number of amides is 1. The third kappa shape index (κ3) is 5.04. The first-order chi connectivity index (χ1) is 11.7. The molecule has 0 aliphatic heterocycles. The Morgan fingerprint density at radius 2 is 1.72 bits per heavy atom. The second-order valence-electron chi connectivity index (χ2n) is 5.79.